The monoisotopic (exact) mass is 380 g/mol. The van der Waals surface area contributed by atoms with Crippen molar-refractivity contribution in [1.82, 2.24) is 9.80 Å². The van der Waals surface area contributed by atoms with E-state index in [0.717, 1.165) is 57.4 Å². The molecule has 0 radical (unpaired) electrons. The Morgan fingerprint density at radius 3 is 2.64 bits per heavy atom. The lowest BCUT2D eigenvalue weighted by atomic mass is 9.97. The molecule has 0 spiro atoms. The number of carbonyl (C=O) groups is 1. The number of allylic oxidation sites excluding steroid dienone is 5. The Labute approximate surface area is 167 Å². The van der Waals surface area contributed by atoms with E-state index in [4.69, 9.17) is 0 Å². The van der Waals surface area contributed by atoms with Crippen molar-refractivity contribution in [3.05, 3.63) is 71.3 Å². The summed E-state index contributed by atoms with van der Waals surface area (Å²) in [5.74, 6) is 0.296. The van der Waals surface area contributed by atoms with Gasteiger partial charge in [0.15, 0.2) is 0 Å². The van der Waals surface area contributed by atoms with Crippen LogP contribution < -0.4 is 0 Å². The van der Waals surface area contributed by atoms with E-state index in [9.17, 15) is 9.18 Å². The average Bonchev–Trinajstić information content (AvgIpc) is 3.18. The van der Waals surface area contributed by atoms with Gasteiger partial charge in [0, 0.05) is 26.1 Å². The molecule has 0 aromatic heterocycles. The Hall–Kier alpha value is -2.20. The highest BCUT2D eigenvalue weighted by atomic mass is 19.1. The number of amides is 1. The first-order valence-corrected chi connectivity index (χ1v) is 10.5. The second kappa shape index (κ2) is 8.87. The third-order valence-corrected chi connectivity index (χ3v) is 6.04. The summed E-state index contributed by atoms with van der Waals surface area (Å²) in [6.45, 7) is 3.44. The first kappa shape index (κ1) is 19.1. The van der Waals surface area contributed by atoms with E-state index < -0.39 is 6.17 Å². The van der Waals surface area contributed by atoms with E-state index in [1.807, 2.05) is 23.1 Å². The molecule has 148 valence electrons. The van der Waals surface area contributed by atoms with Crippen LogP contribution in [0, 0.1) is 0 Å². The molecular weight excluding hydrogens is 351 g/mol. The van der Waals surface area contributed by atoms with E-state index in [-0.39, 0.29) is 6.04 Å². The molecule has 3 aliphatic rings. The maximum atomic E-state index is 13.2. The minimum atomic E-state index is -0.841. The van der Waals surface area contributed by atoms with Gasteiger partial charge in [-0.3, -0.25) is 9.69 Å². The summed E-state index contributed by atoms with van der Waals surface area (Å²) in [5, 5.41) is 0. The molecule has 3 nitrogen and oxygen atoms in total. The zero-order chi connectivity index (χ0) is 19.3. The van der Waals surface area contributed by atoms with Crippen molar-refractivity contribution in [2.24, 2.45) is 0 Å². The highest BCUT2D eigenvalue weighted by Gasteiger charge is 2.34. The summed E-state index contributed by atoms with van der Waals surface area (Å²) in [5.41, 5.74) is 3.74. The average molecular weight is 381 g/mol. The first-order chi connectivity index (χ1) is 13.7. The molecule has 1 amide bonds. The molecule has 1 aliphatic carbocycles. The summed E-state index contributed by atoms with van der Waals surface area (Å²) >= 11 is 0. The fraction of sp³-hybridized carbons (Fsp3) is 0.458. The van der Waals surface area contributed by atoms with Gasteiger partial charge in [0.05, 0.1) is 6.04 Å². The van der Waals surface area contributed by atoms with Crippen molar-refractivity contribution < 1.29 is 9.18 Å². The Bertz CT molecular complexity index is 773. The van der Waals surface area contributed by atoms with E-state index in [2.05, 4.69) is 35.2 Å². The van der Waals surface area contributed by atoms with Crippen LogP contribution in [0.3, 0.4) is 0 Å². The predicted molar refractivity (Wildman–Crippen MR) is 111 cm³/mol. The summed E-state index contributed by atoms with van der Waals surface area (Å²) < 4.78 is 13.2. The van der Waals surface area contributed by atoms with Gasteiger partial charge in [0.1, 0.15) is 6.17 Å². The Morgan fingerprint density at radius 1 is 1.14 bits per heavy atom. The van der Waals surface area contributed by atoms with Crippen LogP contribution in [0.2, 0.25) is 0 Å². The Kier molecular flexibility index (Phi) is 6.06. The van der Waals surface area contributed by atoms with Gasteiger partial charge in [-0.05, 0) is 49.4 Å². The summed E-state index contributed by atoms with van der Waals surface area (Å²) in [6.07, 6.45) is 11.2. The van der Waals surface area contributed by atoms with Gasteiger partial charge in [-0.25, -0.2) is 4.39 Å². The van der Waals surface area contributed by atoms with E-state index in [1.54, 1.807) is 6.08 Å². The molecule has 2 saturated heterocycles. The molecule has 0 N–H and O–H groups in total. The van der Waals surface area contributed by atoms with Gasteiger partial charge in [0.2, 0.25) is 5.91 Å². The lowest BCUT2D eigenvalue weighted by Gasteiger charge is -2.33. The van der Waals surface area contributed by atoms with Crippen LogP contribution in [-0.4, -0.2) is 47.6 Å². The maximum Gasteiger partial charge on any atom is 0.239 e. The van der Waals surface area contributed by atoms with Crippen LogP contribution in [0.5, 0.6) is 0 Å². The number of piperidine rings is 1. The second-order valence-electron chi connectivity index (χ2n) is 8.06. The second-order valence-corrected chi connectivity index (χ2v) is 8.06. The van der Waals surface area contributed by atoms with E-state index >= 15 is 0 Å². The summed E-state index contributed by atoms with van der Waals surface area (Å²) in [4.78, 5) is 17.5. The van der Waals surface area contributed by atoms with Crippen LogP contribution in [0.25, 0.3) is 0 Å². The SMILES string of the molecule is O=C(C1CCCN1Cc1ccccc1)N1CCC(=CC2=CCC(F)C=C2)CC1. The fourth-order valence-electron chi connectivity index (χ4n) is 4.44. The molecule has 4 heteroatoms. The minimum Gasteiger partial charge on any atom is -0.341 e. The number of halogens is 1. The van der Waals surface area contributed by atoms with E-state index in [0.29, 0.717) is 12.3 Å². The van der Waals surface area contributed by atoms with Crippen molar-refractivity contribution in [2.75, 3.05) is 19.6 Å². The molecule has 0 bridgehead atoms. The predicted octanol–water partition coefficient (Wildman–Crippen LogP) is 4.42. The topological polar surface area (TPSA) is 23.6 Å². The number of rotatable bonds is 4. The van der Waals surface area contributed by atoms with Crippen molar-refractivity contribution in [3.8, 4) is 0 Å². The molecular formula is C24H29FN2O. The number of hydrogen-bond acceptors (Lipinski definition) is 2. The lowest BCUT2D eigenvalue weighted by molar-refractivity contribution is -0.136. The fourth-order valence-corrected chi connectivity index (χ4v) is 4.44. The Morgan fingerprint density at radius 2 is 1.93 bits per heavy atom. The highest BCUT2D eigenvalue weighted by molar-refractivity contribution is 5.82. The van der Waals surface area contributed by atoms with Crippen LogP contribution in [0.15, 0.2) is 65.8 Å². The number of likely N-dealkylation sites (tertiary alicyclic amines) is 2. The molecule has 0 saturated carbocycles. The zero-order valence-corrected chi connectivity index (χ0v) is 16.4. The highest BCUT2D eigenvalue weighted by Crippen LogP contribution is 2.26. The molecule has 1 aromatic rings. The van der Waals surface area contributed by atoms with Crippen LogP contribution >= 0.6 is 0 Å². The van der Waals surface area contributed by atoms with Gasteiger partial charge in [-0.2, -0.15) is 0 Å². The van der Waals surface area contributed by atoms with Gasteiger partial charge < -0.3 is 4.90 Å². The van der Waals surface area contributed by atoms with Crippen molar-refractivity contribution in [3.63, 3.8) is 0 Å². The van der Waals surface area contributed by atoms with Gasteiger partial charge >= 0.3 is 0 Å². The molecule has 2 aliphatic heterocycles. The quantitative estimate of drug-likeness (QED) is 0.772. The lowest BCUT2D eigenvalue weighted by Crippen LogP contribution is -2.47. The summed E-state index contributed by atoms with van der Waals surface area (Å²) in [6, 6.07) is 10.5. The smallest absolute Gasteiger partial charge is 0.239 e. The third-order valence-electron chi connectivity index (χ3n) is 6.04. The Balaban J connectivity index is 1.33. The molecule has 1 aromatic carbocycles. The van der Waals surface area contributed by atoms with Crippen molar-refractivity contribution in [1.29, 1.82) is 0 Å². The van der Waals surface area contributed by atoms with Crippen molar-refractivity contribution >= 4 is 5.91 Å². The standard InChI is InChI=1S/C24H29FN2O/c25-22-10-8-19(9-11-22)17-20-12-15-26(16-13-20)24(28)23-7-4-14-27(23)18-21-5-2-1-3-6-21/h1-3,5-6,8-10,17,22-23H,4,7,11-16,18H2. The molecule has 2 fully saturated rings. The zero-order valence-electron chi connectivity index (χ0n) is 16.4. The van der Waals surface area contributed by atoms with Crippen molar-refractivity contribution in [2.45, 2.75) is 50.9 Å². The summed E-state index contributed by atoms with van der Waals surface area (Å²) in [7, 11) is 0. The van der Waals surface area contributed by atoms with Crippen LogP contribution in [0.4, 0.5) is 4.39 Å². The third kappa shape index (κ3) is 4.61. The number of hydrogen-bond donors (Lipinski definition) is 0. The maximum absolute atomic E-state index is 13.2. The van der Waals surface area contributed by atoms with Gasteiger partial charge in [-0.15, -0.1) is 0 Å². The van der Waals surface area contributed by atoms with Crippen LogP contribution in [0.1, 0.15) is 37.7 Å². The molecule has 4 rings (SSSR count). The number of alkyl halides is 1. The number of carbonyl (C=O) groups excluding carboxylic acids is 1. The minimum absolute atomic E-state index is 0.0243. The molecule has 2 unspecified atom stereocenters. The molecule has 2 heterocycles. The van der Waals surface area contributed by atoms with Gasteiger partial charge in [-0.1, -0.05) is 54.1 Å². The number of nitrogens with zero attached hydrogens (tertiary/aromatic N) is 2. The largest absolute Gasteiger partial charge is 0.341 e. The molecule has 28 heavy (non-hydrogen) atoms. The van der Waals surface area contributed by atoms with Crippen LogP contribution in [-0.2, 0) is 11.3 Å². The molecule has 2 atom stereocenters. The van der Waals surface area contributed by atoms with Gasteiger partial charge in [0.25, 0.3) is 0 Å². The normalized spacial score (nSPS) is 25.7. The first-order valence-electron chi connectivity index (χ1n) is 10.5. The number of benzene rings is 1. The van der Waals surface area contributed by atoms with E-state index in [1.165, 1.54) is 11.1 Å².